The molecule has 2 aliphatic rings. The first-order valence-electron chi connectivity index (χ1n) is 12.1. The van der Waals surface area contributed by atoms with Crippen LogP contribution in [-0.4, -0.2) is 67.1 Å². The van der Waals surface area contributed by atoms with E-state index in [1.165, 1.54) is 0 Å². The molecule has 0 aromatic carbocycles. The van der Waals surface area contributed by atoms with Crippen molar-refractivity contribution in [2.45, 2.75) is 50.7 Å². The number of fused-ring (bicyclic) bond motifs is 2. The van der Waals surface area contributed by atoms with Gasteiger partial charge in [0.15, 0.2) is 0 Å². The Labute approximate surface area is 197 Å². The van der Waals surface area contributed by atoms with Gasteiger partial charge in [0, 0.05) is 49.8 Å². The summed E-state index contributed by atoms with van der Waals surface area (Å²) in [5.41, 5.74) is 4.29. The molecule has 1 aliphatic heterocycles. The number of hydrogen-bond acceptors (Lipinski definition) is 6. The van der Waals surface area contributed by atoms with Crippen LogP contribution in [0.15, 0.2) is 43.0 Å². The minimum atomic E-state index is 0.0440. The number of anilines is 1. The van der Waals surface area contributed by atoms with Crippen molar-refractivity contribution in [3.05, 3.63) is 48.7 Å². The lowest BCUT2D eigenvalue weighted by Gasteiger charge is -2.28. The van der Waals surface area contributed by atoms with Gasteiger partial charge in [0.1, 0.15) is 11.3 Å². The molecule has 2 fully saturated rings. The van der Waals surface area contributed by atoms with Gasteiger partial charge in [-0.25, -0.2) is 14.5 Å². The molecule has 0 unspecified atom stereocenters. The molecule has 1 saturated heterocycles. The van der Waals surface area contributed by atoms with Crippen LogP contribution in [0.3, 0.4) is 0 Å². The predicted octanol–water partition coefficient (Wildman–Crippen LogP) is 3.65. The number of rotatable bonds is 5. The third kappa shape index (κ3) is 3.79. The molecule has 0 bridgehead atoms. The minimum Gasteiger partial charge on any atom is -0.381 e. The molecule has 4 aromatic heterocycles. The first kappa shape index (κ1) is 21.1. The molecule has 176 valence electrons. The summed E-state index contributed by atoms with van der Waals surface area (Å²) in [6.45, 7) is 1.63. The van der Waals surface area contributed by atoms with Crippen molar-refractivity contribution in [2.24, 2.45) is 0 Å². The van der Waals surface area contributed by atoms with Crippen molar-refractivity contribution in [3.8, 4) is 11.1 Å². The normalized spacial score (nSPS) is 20.9. The van der Waals surface area contributed by atoms with Crippen LogP contribution < -0.4 is 5.32 Å². The van der Waals surface area contributed by atoms with Gasteiger partial charge in [0.25, 0.3) is 5.91 Å². The highest BCUT2D eigenvalue weighted by molar-refractivity contribution is 5.93. The number of hydrogen-bond donors (Lipinski definition) is 1. The van der Waals surface area contributed by atoms with Crippen molar-refractivity contribution in [2.75, 3.05) is 25.5 Å². The molecule has 4 aromatic rings. The molecule has 34 heavy (non-hydrogen) atoms. The van der Waals surface area contributed by atoms with E-state index in [1.807, 2.05) is 50.6 Å². The smallest absolute Gasteiger partial charge is 0.272 e. The number of methoxy groups -OCH3 is 1. The number of nitrogens with zero attached hydrogens (tertiary/aromatic N) is 6. The number of carbonyl (C=O) groups excluding carboxylic acids is 1. The molecule has 0 radical (unpaired) electrons. The molecule has 5 heterocycles. The van der Waals surface area contributed by atoms with Gasteiger partial charge in [-0.3, -0.25) is 9.20 Å². The van der Waals surface area contributed by atoms with Crippen LogP contribution in [0.5, 0.6) is 0 Å². The van der Waals surface area contributed by atoms with Crippen LogP contribution in [-0.2, 0) is 4.74 Å². The summed E-state index contributed by atoms with van der Waals surface area (Å²) >= 11 is 0. The van der Waals surface area contributed by atoms with Gasteiger partial charge in [0.05, 0.1) is 24.0 Å². The highest BCUT2D eigenvalue weighted by Crippen LogP contribution is 2.27. The molecule has 0 spiro atoms. The molecule has 6 rings (SSSR count). The number of imidazole rings is 1. The second-order valence-corrected chi connectivity index (χ2v) is 9.28. The minimum absolute atomic E-state index is 0.0440. The van der Waals surface area contributed by atoms with Crippen LogP contribution in [0.1, 0.15) is 49.0 Å². The van der Waals surface area contributed by atoms with E-state index < -0.39 is 0 Å². The monoisotopic (exact) mass is 459 g/mol. The Morgan fingerprint density at radius 2 is 1.88 bits per heavy atom. The van der Waals surface area contributed by atoms with E-state index in [9.17, 15) is 4.79 Å². The highest BCUT2D eigenvalue weighted by atomic mass is 16.5. The summed E-state index contributed by atoms with van der Waals surface area (Å²) in [7, 11) is 1.79. The number of pyridine rings is 1. The van der Waals surface area contributed by atoms with Crippen molar-refractivity contribution in [1.29, 1.82) is 0 Å². The number of aromatic nitrogens is 5. The van der Waals surface area contributed by atoms with E-state index in [0.717, 1.165) is 73.9 Å². The van der Waals surface area contributed by atoms with Gasteiger partial charge in [0.2, 0.25) is 5.95 Å². The number of carbonyl (C=O) groups is 1. The average Bonchev–Trinajstić information content (AvgIpc) is 3.63. The summed E-state index contributed by atoms with van der Waals surface area (Å²) in [6, 6.07) is 6.39. The van der Waals surface area contributed by atoms with Gasteiger partial charge >= 0.3 is 0 Å². The van der Waals surface area contributed by atoms with Crippen LogP contribution in [0, 0.1) is 0 Å². The molecule has 9 heteroatoms. The Morgan fingerprint density at radius 3 is 2.68 bits per heavy atom. The van der Waals surface area contributed by atoms with E-state index >= 15 is 0 Å². The van der Waals surface area contributed by atoms with E-state index in [0.29, 0.717) is 23.8 Å². The summed E-state index contributed by atoms with van der Waals surface area (Å²) in [5.74, 6) is 0.682. The molecule has 0 atom stereocenters. The number of likely N-dealkylation sites (tertiary alicyclic amines) is 1. The molecule has 9 nitrogen and oxygen atoms in total. The van der Waals surface area contributed by atoms with Gasteiger partial charge in [-0.2, -0.15) is 0 Å². The maximum absolute atomic E-state index is 13.0. The first-order chi connectivity index (χ1) is 16.7. The van der Waals surface area contributed by atoms with E-state index in [-0.39, 0.29) is 5.91 Å². The van der Waals surface area contributed by atoms with Crippen LogP contribution in [0.4, 0.5) is 5.95 Å². The third-order valence-corrected chi connectivity index (χ3v) is 7.19. The lowest BCUT2D eigenvalue weighted by molar-refractivity contribution is 0.0681. The zero-order valence-corrected chi connectivity index (χ0v) is 19.4. The summed E-state index contributed by atoms with van der Waals surface area (Å²) in [4.78, 5) is 23.9. The Morgan fingerprint density at radius 1 is 1.06 bits per heavy atom. The van der Waals surface area contributed by atoms with Gasteiger partial charge in [-0.1, -0.05) is 0 Å². The predicted molar refractivity (Wildman–Crippen MR) is 129 cm³/mol. The van der Waals surface area contributed by atoms with Crippen LogP contribution >= 0.6 is 0 Å². The van der Waals surface area contributed by atoms with Crippen molar-refractivity contribution >= 4 is 23.0 Å². The van der Waals surface area contributed by atoms with Crippen molar-refractivity contribution < 1.29 is 9.53 Å². The average molecular weight is 460 g/mol. The first-order valence-corrected chi connectivity index (χ1v) is 12.1. The van der Waals surface area contributed by atoms with Gasteiger partial charge in [-0.15, -0.1) is 5.10 Å². The second-order valence-electron chi connectivity index (χ2n) is 9.28. The Hall–Kier alpha value is -3.46. The van der Waals surface area contributed by atoms with Crippen molar-refractivity contribution in [1.82, 2.24) is 28.9 Å². The Bertz CT molecular complexity index is 1330. The zero-order valence-electron chi connectivity index (χ0n) is 19.4. The zero-order chi connectivity index (χ0) is 23.1. The lowest BCUT2D eigenvalue weighted by atomic mass is 9.93. The Balaban J connectivity index is 1.26. The lowest BCUT2D eigenvalue weighted by Crippen LogP contribution is -2.30. The summed E-state index contributed by atoms with van der Waals surface area (Å²) < 4.78 is 9.23. The van der Waals surface area contributed by atoms with Gasteiger partial charge in [-0.05, 0) is 56.7 Å². The summed E-state index contributed by atoms with van der Waals surface area (Å²) in [6.07, 6.45) is 14.2. The summed E-state index contributed by atoms with van der Waals surface area (Å²) in [5, 5.41) is 8.17. The molecule has 1 saturated carbocycles. The quantitative estimate of drug-likeness (QED) is 0.490. The Kier molecular flexibility index (Phi) is 5.41. The van der Waals surface area contributed by atoms with Gasteiger partial charge < -0.3 is 15.0 Å². The van der Waals surface area contributed by atoms with E-state index in [4.69, 9.17) is 4.74 Å². The van der Waals surface area contributed by atoms with E-state index in [1.54, 1.807) is 13.3 Å². The largest absolute Gasteiger partial charge is 0.381 e. The molecular formula is C25H29N7O2. The fourth-order valence-corrected chi connectivity index (χ4v) is 5.22. The van der Waals surface area contributed by atoms with Crippen LogP contribution in [0.2, 0.25) is 0 Å². The molecule has 1 aliphatic carbocycles. The maximum atomic E-state index is 13.0. The SMILES string of the molecule is CO[C@H]1CC[C@@H](Nc2ncc3c(-c4ccc5ncc(C(=O)N6CCCC6)n5c4)ccn3n2)CC1. The van der Waals surface area contributed by atoms with E-state index in [2.05, 4.69) is 20.4 Å². The third-order valence-electron chi connectivity index (χ3n) is 7.19. The molecule has 1 amide bonds. The number of amides is 1. The highest BCUT2D eigenvalue weighted by Gasteiger charge is 2.23. The van der Waals surface area contributed by atoms with Crippen LogP contribution in [0.25, 0.3) is 22.3 Å². The molecular weight excluding hydrogens is 430 g/mol. The number of nitrogens with one attached hydrogen (secondary N) is 1. The number of ether oxygens (including phenoxy) is 1. The topological polar surface area (TPSA) is 89.1 Å². The second kappa shape index (κ2) is 8.72. The molecule has 1 N–H and O–H groups in total. The fourth-order valence-electron chi connectivity index (χ4n) is 5.22. The van der Waals surface area contributed by atoms with Crippen molar-refractivity contribution in [3.63, 3.8) is 0 Å². The standard InChI is InChI=1S/C25H29N7O2/c1-34-19-7-5-18(6-8-19)28-25-27-14-21-20(10-13-32(21)29-25)17-4-9-23-26-15-22(31(23)16-17)24(33)30-11-2-3-12-30/h4,9-10,13-16,18-19H,2-3,5-8,11-12H2,1H3,(H,28,29)/t18-,19+. The fraction of sp³-hybridized carbons (Fsp3) is 0.440. The maximum Gasteiger partial charge on any atom is 0.272 e.